The van der Waals surface area contributed by atoms with Crippen molar-refractivity contribution < 1.29 is 22.4 Å². The minimum atomic E-state index is -4.60. The average Bonchev–Trinajstić information content (AvgIpc) is 3.14. The van der Waals surface area contributed by atoms with E-state index in [0.717, 1.165) is 12.1 Å². The fourth-order valence-corrected chi connectivity index (χ4v) is 3.55. The number of benzene rings is 2. The number of pyridine rings is 1. The standard InChI is InChI=1S/C23H15ClF4N4O/c1-13-20(21-17(6-4-10-29-21)22(33)16-5-2-3-7-18(16)24)30-31-32(13)12-14-11-15(23(26,27)28)8-9-19(14)25/h2-11H,12H2,1H3. The van der Waals surface area contributed by atoms with E-state index in [1.54, 1.807) is 43.3 Å². The molecule has 0 spiro atoms. The molecule has 0 amide bonds. The van der Waals surface area contributed by atoms with Gasteiger partial charge in [0, 0.05) is 17.3 Å². The number of ketones is 1. The molecular formula is C23H15ClF4N4O. The van der Waals surface area contributed by atoms with Crippen molar-refractivity contribution in [3.63, 3.8) is 0 Å². The van der Waals surface area contributed by atoms with Crippen molar-refractivity contribution in [2.75, 3.05) is 0 Å². The molecule has 5 nitrogen and oxygen atoms in total. The molecule has 0 atom stereocenters. The predicted octanol–water partition coefficient (Wildman–Crippen LogP) is 5.74. The van der Waals surface area contributed by atoms with Gasteiger partial charge in [0.25, 0.3) is 0 Å². The monoisotopic (exact) mass is 474 g/mol. The molecule has 2 aromatic carbocycles. The first-order valence-electron chi connectivity index (χ1n) is 9.67. The third kappa shape index (κ3) is 4.49. The normalized spacial score (nSPS) is 11.6. The number of hydrogen-bond acceptors (Lipinski definition) is 4. The van der Waals surface area contributed by atoms with E-state index in [4.69, 9.17) is 11.6 Å². The second-order valence-corrected chi connectivity index (χ2v) is 7.60. The van der Waals surface area contributed by atoms with Crippen molar-refractivity contribution in [2.24, 2.45) is 0 Å². The maximum atomic E-state index is 14.2. The number of hydrogen-bond donors (Lipinski definition) is 0. The number of nitrogens with zero attached hydrogens (tertiary/aromatic N) is 4. The van der Waals surface area contributed by atoms with Gasteiger partial charge < -0.3 is 0 Å². The van der Waals surface area contributed by atoms with Gasteiger partial charge in [0.05, 0.1) is 28.4 Å². The lowest BCUT2D eigenvalue weighted by Crippen LogP contribution is -2.10. The highest BCUT2D eigenvalue weighted by Crippen LogP contribution is 2.31. The lowest BCUT2D eigenvalue weighted by Gasteiger charge is -2.11. The Morgan fingerprint density at radius 1 is 1.03 bits per heavy atom. The Hall–Kier alpha value is -3.59. The summed E-state index contributed by atoms with van der Waals surface area (Å²) in [6.45, 7) is 1.33. The highest BCUT2D eigenvalue weighted by Gasteiger charge is 2.31. The van der Waals surface area contributed by atoms with Crippen LogP contribution < -0.4 is 0 Å². The van der Waals surface area contributed by atoms with Crippen LogP contribution in [0.4, 0.5) is 17.6 Å². The molecule has 4 rings (SSSR count). The molecule has 0 saturated heterocycles. The van der Waals surface area contributed by atoms with Crippen LogP contribution in [0, 0.1) is 12.7 Å². The Kier molecular flexibility index (Phi) is 5.99. The van der Waals surface area contributed by atoms with Crippen LogP contribution in [0.5, 0.6) is 0 Å². The number of rotatable bonds is 5. The van der Waals surface area contributed by atoms with E-state index in [2.05, 4.69) is 15.3 Å². The highest BCUT2D eigenvalue weighted by molar-refractivity contribution is 6.35. The second kappa shape index (κ2) is 8.74. The molecule has 0 radical (unpaired) electrons. The summed E-state index contributed by atoms with van der Waals surface area (Å²) in [5.41, 5.74) is 0.232. The topological polar surface area (TPSA) is 60.7 Å². The molecule has 33 heavy (non-hydrogen) atoms. The number of halogens is 5. The third-order valence-electron chi connectivity index (χ3n) is 5.07. The fraction of sp³-hybridized carbons (Fsp3) is 0.130. The zero-order valence-electron chi connectivity index (χ0n) is 17.1. The Balaban J connectivity index is 1.72. The van der Waals surface area contributed by atoms with Crippen LogP contribution in [0.15, 0.2) is 60.8 Å². The van der Waals surface area contributed by atoms with E-state index in [-0.39, 0.29) is 45.4 Å². The molecule has 0 N–H and O–H groups in total. The zero-order chi connectivity index (χ0) is 23.8. The largest absolute Gasteiger partial charge is 0.416 e. The van der Waals surface area contributed by atoms with Crippen LogP contribution in [-0.4, -0.2) is 25.8 Å². The lowest BCUT2D eigenvalue weighted by molar-refractivity contribution is -0.137. The van der Waals surface area contributed by atoms with Gasteiger partial charge in [-0.15, -0.1) is 5.10 Å². The third-order valence-corrected chi connectivity index (χ3v) is 5.40. The molecule has 2 aromatic heterocycles. The van der Waals surface area contributed by atoms with Gasteiger partial charge in [-0.2, -0.15) is 13.2 Å². The van der Waals surface area contributed by atoms with Crippen LogP contribution in [0.3, 0.4) is 0 Å². The van der Waals surface area contributed by atoms with E-state index in [1.165, 1.54) is 10.9 Å². The van der Waals surface area contributed by atoms with Crippen LogP contribution in [0.1, 0.15) is 32.7 Å². The van der Waals surface area contributed by atoms with Crippen LogP contribution in [0.2, 0.25) is 5.02 Å². The summed E-state index contributed by atoms with van der Waals surface area (Å²) in [4.78, 5) is 17.4. The molecular weight excluding hydrogens is 460 g/mol. The van der Waals surface area contributed by atoms with Crippen molar-refractivity contribution in [3.8, 4) is 11.4 Å². The maximum Gasteiger partial charge on any atom is 0.416 e. The number of carbonyl (C=O) groups excluding carboxylic acids is 1. The van der Waals surface area contributed by atoms with Gasteiger partial charge >= 0.3 is 6.18 Å². The van der Waals surface area contributed by atoms with Crippen molar-refractivity contribution in [3.05, 3.63) is 99.6 Å². The van der Waals surface area contributed by atoms with Crippen LogP contribution >= 0.6 is 11.6 Å². The first-order chi connectivity index (χ1) is 15.7. The molecule has 4 aromatic rings. The molecule has 10 heteroatoms. The van der Waals surface area contributed by atoms with Crippen LogP contribution in [0.25, 0.3) is 11.4 Å². The summed E-state index contributed by atoms with van der Waals surface area (Å²) in [7, 11) is 0. The van der Waals surface area contributed by atoms with Gasteiger partial charge in [0.15, 0.2) is 5.78 Å². The Bertz CT molecular complexity index is 1350. The van der Waals surface area contributed by atoms with Gasteiger partial charge in [-0.3, -0.25) is 9.78 Å². The molecule has 2 heterocycles. The number of aromatic nitrogens is 4. The fourth-order valence-electron chi connectivity index (χ4n) is 3.33. The Labute approximate surface area is 190 Å². The van der Waals surface area contributed by atoms with Crippen molar-refractivity contribution in [1.29, 1.82) is 0 Å². The number of alkyl halides is 3. The van der Waals surface area contributed by atoms with E-state index in [0.29, 0.717) is 11.8 Å². The van der Waals surface area contributed by atoms with Gasteiger partial charge in [-0.05, 0) is 49.4 Å². The first-order valence-corrected chi connectivity index (χ1v) is 10.0. The van der Waals surface area contributed by atoms with E-state index in [1.807, 2.05) is 0 Å². The summed E-state index contributed by atoms with van der Waals surface area (Å²) in [5.74, 6) is -1.17. The quantitative estimate of drug-likeness (QED) is 0.273. The summed E-state index contributed by atoms with van der Waals surface area (Å²) in [6.07, 6.45) is -3.13. The molecule has 0 aliphatic heterocycles. The van der Waals surface area contributed by atoms with Crippen LogP contribution in [-0.2, 0) is 12.7 Å². The molecule has 0 unspecified atom stereocenters. The molecule has 168 valence electrons. The summed E-state index contributed by atoms with van der Waals surface area (Å²) < 4.78 is 54.5. The van der Waals surface area contributed by atoms with Gasteiger partial charge in [0.1, 0.15) is 17.2 Å². The predicted molar refractivity (Wildman–Crippen MR) is 113 cm³/mol. The summed E-state index contributed by atoms with van der Waals surface area (Å²) >= 11 is 6.16. The van der Waals surface area contributed by atoms with Crippen molar-refractivity contribution in [1.82, 2.24) is 20.0 Å². The minimum absolute atomic E-state index is 0.197. The zero-order valence-corrected chi connectivity index (χ0v) is 17.8. The smallest absolute Gasteiger partial charge is 0.288 e. The molecule has 0 aliphatic rings. The Morgan fingerprint density at radius 2 is 1.76 bits per heavy atom. The van der Waals surface area contributed by atoms with E-state index >= 15 is 0 Å². The maximum absolute atomic E-state index is 14.2. The van der Waals surface area contributed by atoms with Gasteiger partial charge in [-0.25, -0.2) is 9.07 Å². The van der Waals surface area contributed by atoms with Crippen molar-refractivity contribution in [2.45, 2.75) is 19.6 Å². The highest BCUT2D eigenvalue weighted by atomic mass is 35.5. The summed E-state index contributed by atoms with van der Waals surface area (Å²) in [5, 5.41) is 8.29. The molecule has 0 saturated carbocycles. The second-order valence-electron chi connectivity index (χ2n) is 7.19. The molecule has 0 fully saturated rings. The Morgan fingerprint density at radius 3 is 2.48 bits per heavy atom. The van der Waals surface area contributed by atoms with Gasteiger partial charge in [-0.1, -0.05) is 28.9 Å². The first kappa shape index (κ1) is 22.6. The lowest BCUT2D eigenvalue weighted by atomic mass is 10.00. The minimum Gasteiger partial charge on any atom is -0.288 e. The SMILES string of the molecule is Cc1c(-c2ncccc2C(=O)c2ccccc2Cl)nnn1Cc1cc(C(F)(F)F)ccc1F. The van der Waals surface area contributed by atoms with Gasteiger partial charge in [0.2, 0.25) is 0 Å². The molecule has 0 aliphatic carbocycles. The molecule has 0 bridgehead atoms. The summed E-state index contributed by atoms with van der Waals surface area (Å²) in [6, 6.07) is 11.9. The van der Waals surface area contributed by atoms with E-state index in [9.17, 15) is 22.4 Å². The van der Waals surface area contributed by atoms with Crippen molar-refractivity contribution >= 4 is 17.4 Å². The number of carbonyl (C=O) groups is 1. The average molecular weight is 475 g/mol. The van der Waals surface area contributed by atoms with E-state index < -0.39 is 17.6 Å².